The summed E-state index contributed by atoms with van der Waals surface area (Å²) in [5.41, 5.74) is 1.08. The van der Waals surface area contributed by atoms with Crippen molar-refractivity contribution in [3.8, 4) is 11.5 Å². The molecule has 0 aliphatic rings. The van der Waals surface area contributed by atoms with E-state index in [0.717, 1.165) is 23.5 Å². The Morgan fingerprint density at radius 1 is 1.21 bits per heavy atom. The lowest BCUT2D eigenvalue weighted by Crippen LogP contribution is -2.07. The number of hydrogen-bond acceptors (Lipinski definition) is 4. The van der Waals surface area contributed by atoms with Crippen LogP contribution in [0.2, 0.25) is 0 Å². The molecule has 0 aliphatic heterocycles. The zero-order valence-electron chi connectivity index (χ0n) is 11.1. The van der Waals surface area contributed by atoms with Crippen LogP contribution in [0, 0.1) is 0 Å². The topological polar surface area (TPSA) is 38.7 Å². The second-order valence-electron chi connectivity index (χ2n) is 4.28. The van der Waals surface area contributed by atoms with Gasteiger partial charge in [-0.15, -0.1) is 11.3 Å². The number of benzene rings is 1. The number of aliphatic hydroxyl groups is 1. The molecule has 0 amide bonds. The Morgan fingerprint density at radius 3 is 2.63 bits per heavy atom. The van der Waals surface area contributed by atoms with Gasteiger partial charge in [-0.05, 0) is 29.5 Å². The van der Waals surface area contributed by atoms with Crippen LogP contribution in [0.5, 0.6) is 11.5 Å². The van der Waals surface area contributed by atoms with Gasteiger partial charge < -0.3 is 14.6 Å². The summed E-state index contributed by atoms with van der Waals surface area (Å²) >= 11 is 1.67. The van der Waals surface area contributed by atoms with Crippen LogP contribution in [0.3, 0.4) is 0 Å². The van der Waals surface area contributed by atoms with Crippen LogP contribution < -0.4 is 9.47 Å². The molecule has 0 fully saturated rings. The summed E-state index contributed by atoms with van der Waals surface area (Å²) in [7, 11) is 3.29. The van der Waals surface area contributed by atoms with Gasteiger partial charge >= 0.3 is 0 Å². The molecule has 0 saturated carbocycles. The standard InChI is InChI=1S/C15H18O3S/c1-17-13-6-5-11(14(9-13)18-2)8-12(10-16)15-4-3-7-19-15/h3-7,9,12,16H,8,10H2,1-2H3. The van der Waals surface area contributed by atoms with Crippen molar-refractivity contribution in [1.82, 2.24) is 0 Å². The fourth-order valence-corrected chi connectivity index (χ4v) is 2.89. The SMILES string of the molecule is COc1ccc(CC(CO)c2cccs2)c(OC)c1. The first-order valence-electron chi connectivity index (χ1n) is 6.13. The fraction of sp³-hybridized carbons (Fsp3) is 0.333. The van der Waals surface area contributed by atoms with Gasteiger partial charge in [-0.1, -0.05) is 12.1 Å². The quantitative estimate of drug-likeness (QED) is 0.882. The van der Waals surface area contributed by atoms with Gasteiger partial charge in [0.05, 0.1) is 20.8 Å². The van der Waals surface area contributed by atoms with Gasteiger partial charge in [-0.2, -0.15) is 0 Å². The van der Waals surface area contributed by atoms with Gasteiger partial charge in [-0.25, -0.2) is 0 Å². The van der Waals surface area contributed by atoms with Crippen LogP contribution in [0.4, 0.5) is 0 Å². The van der Waals surface area contributed by atoms with Crippen molar-refractivity contribution in [3.05, 3.63) is 46.2 Å². The van der Waals surface area contributed by atoms with Crippen LogP contribution in [-0.2, 0) is 6.42 Å². The number of methoxy groups -OCH3 is 2. The highest BCUT2D eigenvalue weighted by molar-refractivity contribution is 7.10. The van der Waals surface area contributed by atoms with E-state index in [2.05, 4.69) is 6.07 Å². The van der Waals surface area contributed by atoms with E-state index in [4.69, 9.17) is 9.47 Å². The van der Waals surface area contributed by atoms with E-state index in [-0.39, 0.29) is 12.5 Å². The predicted octanol–water partition coefficient (Wildman–Crippen LogP) is 3.08. The minimum Gasteiger partial charge on any atom is -0.497 e. The largest absolute Gasteiger partial charge is 0.497 e. The molecule has 3 nitrogen and oxygen atoms in total. The Kier molecular flexibility index (Phi) is 4.82. The van der Waals surface area contributed by atoms with Crippen LogP contribution in [0.25, 0.3) is 0 Å². The first-order chi connectivity index (χ1) is 9.28. The van der Waals surface area contributed by atoms with Gasteiger partial charge in [0.25, 0.3) is 0 Å². The number of aliphatic hydroxyl groups excluding tert-OH is 1. The minimum atomic E-state index is 0.113. The molecule has 0 radical (unpaired) electrons. The van der Waals surface area contributed by atoms with E-state index in [0.29, 0.717) is 0 Å². The third kappa shape index (κ3) is 3.28. The molecule has 102 valence electrons. The van der Waals surface area contributed by atoms with Crippen LogP contribution in [0.15, 0.2) is 35.7 Å². The lowest BCUT2D eigenvalue weighted by molar-refractivity contribution is 0.265. The van der Waals surface area contributed by atoms with Crippen molar-refractivity contribution in [1.29, 1.82) is 0 Å². The van der Waals surface area contributed by atoms with E-state index < -0.39 is 0 Å². The number of rotatable bonds is 6. The van der Waals surface area contributed by atoms with E-state index >= 15 is 0 Å². The first kappa shape index (κ1) is 13.9. The maximum absolute atomic E-state index is 9.56. The molecule has 1 N–H and O–H groups in total. The minimum absolute atomic E-state index is 0.113. The second kappa shape index (κ2) is 6.59. The number of thiophene rings is 1. The zero-order chi connectivity index (χ0) is 13.7. The molecule has 1 atom stereocenters. The summed E-state index contributed by atoms with van der Waals surface area (Å²) in [6.45, 7) is 0.135. The van der Waals surface area contributed by atoms with Crippen LogP contribution in [-0.4, -0.2) is 25.9 Å². The summed E-state index contributed by atoms with van der Waals surface area (Å²) < 4.78 is 10.6. The maximum Gasteiger partial charge on any atom is 0.125 e. The fourth-order valence-electron chi connectivity index (χ4n) is 2.06. The molecule has 1 unspecified atom stereocenters. The molecule has 1 heterocycles. The highest BCUT2D eigenvalue weighted by Crippen LogP contribution is 2.31. The van der Waals surface area contributed by atoms with E-state index in [9.17, 15) is 5.11 Å². The van der Waals surface area contributed by atoms with Gasteiger partial charge in [0.1, 0.15) is 11.5 Å². The Labute approximate surface area is 117 Å². The molecule has 0 aliphatic carbocycles. The summed E-state index contributed by atoms with van der Waals surface area (Å²) in [5.74, 6) is 1.69. The lowest BCUT2D eigenvalue weighted by atomic mass is 9.98. The molecular weight excluding hydrogens is 260 g/mol. The van der Waals surface area contributed by atoms with Crippen molar-refractivity contribution in [3.63, 3.8) is 0 Å². The van der Waals surface area contributed by atoms with Crippen molar-refractivity contribution in [2.24, 2.45) is 0 Å². The average Bonchev–Trinajstić information content (AvgIpc) is 2.98. The van der Waals surface area contributed by atoms with Crippen molar-refractivity contribution in [2.45, 2.75) is 12.3 Å². The van der Waals surface area contributed by atoms with Crippen molar-refractivity contribution >= 4 is 11.3 Å². The van der Waals surface area contributed by atoms with Gasteiger partial charge in [0, 0.05) is 16.9 Å². The molecule has 2 aromatic rings. The molecule has 0 saturated heterocycles. The molecule has 1 aromatic heterocycles. The highest BCUT2D eigenvalue weighted by atomic mass is 32.1. The molecular formula is C15H18O3S. The third-order valence-electron chi connectivity index (χ3n) is 3.13. The number of ether oxygens (including phenoxy) is 2. The Hall–Kier alpha value is -1.52. The smallest absolute Gasteiger partial charge is 0.125 e. The predicted molar refractivity (Wildman–Crippen MR) is 77.4 cm³/mol. The van der Waals surface area contributed by atoms with E-state index in [1.165, 1.54) is 4.88 Å². The zero-order valence-corrected chi connectivity index (χ0v) is 11.9. The monoisotopic (exact) mass is 278 g/mol. The Bertz CT molecular complexity index is 508. The summed E-state index contributed by atoms with van der Waals surface area (Å²) in [4.78, 5) is 1.19. The molecule has 1 aromatic carbocycles. The van der Waals surface area contributed by atoms with Crippen molar-refractivity contribution in [2.75, 3.05) is 20.8 Å². The maximum atomic E-state index is 9.56. The van der Waals surface area contributed by atoms with Gasteiger partial charge in [0.15, 0.2) is 0 Å². The van der Waals surface area contributed by atoms with Crippen molar-refractivity contribution < 1.29 is 14.6 Å². The molecule has 0 bridgehead atoms. The highest BCUT2D eigenvalue weighted by Gasteiger charge is 2.15. The summed E-state index contributed by atoms with van der Waals surface area (Å²) in [6.07, 6.45) is 0.754. The molecule has 0 spiro atoms. The molecule has 2 rings (SSSR count). The van der Waals surface area contributed by atoms with Gasteiger partial charge in [0.2, 0.25) is 0 Å². The first-order valence-corrected chi connectivity index (χ1v) is 7.01. The second-order valence-corrected chi connectivity index (χ2v) is 5.26. The normalized spacial score (nSPS) is 12.2. The van der Waals surface area contributed by atoms with Gasteiger partial charge in [-0.3, -0.25) is 0 Å². The Balaban J connectivity index is 2.22. The average molecular weight is 278 g/mol. The molecule has 19 heavy (non-hydrogen) atoms. The van der Waals surface area contributed by atoms with E-state index in [1.54, 1.807) is 25.6 Å². The molecule has 4 heteroatoms. The number of hydrogen-bond donors (Lipinski definition) is 1. The van der Waals surface area contributed by atoms with Crippen LogP contribution >= 0.6 is 11.3 Å². The lowest BCUT2D eigenvalue weighted by Gasteiger charge is -2.15. The Morgan fingerprint density at radius 2 is 2.05 bits per heavy atom. The van der Waals surface area contributed by atoms with Crippen LogP contribution in [0.1, 0.15) is 16.4 Å². The summed E-state index contributed by atoms with van der Waals surface area (Å²) in [5, 5.41) is 11.6. The third-order valence-corrected chi connectivity index (χ3v) is 4.16. The summed E-state index contributed by atoms with van der Waals surface area (Å²) in [6, 6.07) is 9.85. The van der Waals surface area contributed by atoms with E-state index in [1.807, 2.05) is 29.6 Å².